The number of ether oxygens (including phenoxy) is 1. The van der Waals surface area contributed by atoms with Crippen LogP contribution in [0.1, 0.15) is 30.7 Å². The second kappa shape index (κ2) is 6.72. The lowest BCUT2D eigenvalue weighted by Crippen LogP contribution is -2.26. The van der Waals surface area contributed by atoms with Crippen LogP contribution in [-0.4, -0.2) is 16.8 Å². The zero-order chi connectivity index (χ0) is 16.4. The third kappa shape index (κ3) is 3.41. The minimum atomic E-state index is -0.554. The van der Waals surface area contributed by atoms with Gasteiger partial charge in [-0.2, -0.15) is 5.01 Å². The standard InChI is InChI=1S/C17H14BrClN2O2/c1-2-15(22)21-17(12-3-7-13(18)8-4-12)23-16(20-21)11-5-9-14(19)10-6-11/h3-10,17H,2H2,1H3/t17-/m0/s1. The molecule has 0 unspecified atom stereocenters. The van der Waals surface area contributed by atoms with Gasteiger partial charge in [-0.05, 0) is 36.4 Å². The van der Waals surface area contributed by atoms with Gasteiger partial charge in [0.1, 0.15) is 0 Å². The average Bonchev–Trinajstić information content (AvgIpc) is 3.00. The van der Waals surface area contributed by atoms with E-state index in [4.69, 9.17) is 16.3 Å². The Labute approximate surface area is 147 Å². The van der Waals surface area contributed by atoms with Gasteiger partial charge >= 0.3 is 0 Å². The maximum Gasteiger partial charge on any atom is 0.246 e. The molecular weight excluding hydrogens is 380 g/mol. The van der Waals surface area contributed by atoms with Crippen molar-refractivity contribution < 1.29 is 9.53 Å². The number of halogens is 2. The zero-order valence-corrected chi connectivity index (χ0v) is 14.7. The highest BCUT2D eigenvalue weighted by Crippen LogP contribution is 2.31. The average molecular weight is 394 g/mol. The number of hydrazone groups is 1. The predicted molar refractivity (Wildman–Crippen MR) is 93.1 cm³/mol. The molecule has 2 aromatic rings. The molecular formula is C17H14BrClN2O2. The van der Waals surface area contributed by atoms with E-state index in [1.807, 2.05) is 36.4 Å². The lowest BCUT2D eigenvalue weighted by Gasteiger charge is -2.20. The molecule has 1 atom stereocenters. The number of rotatable bonds is 3. The smallest absolute Gasteiger partial charge is 0.246 e. The van der Waals surface area contributed by atoms with Gasteiger partial charge in [0, 0.05) is 27.0 Å². The number of hydrogen-bond acceptors (Lipinski definition) is 3. The normalized spacial score (nSPS) is 16.9. The Balaban J connectivity index is 1.93. The Hall–Kier alpha value is -1.85. The first kappa shape index (κ1) is 16.0. The number of hydrogen-bond donors (Lipinski definition) is 0. The van der Waals surface area contributed by atoms with E-state index in [1.165, 1.54) is 5.01 Å². The summed E-state index contributed by atoms with van der Waals surface area (Å²) in [6.07, 6.45) is -0.199. The molecule has 6 heteroatoms. The van der Waals surface area contributed by atoms with Gasteiger partial charge in [-0.15, -0.1) is 5.10 Å². The Morgan fingerprint density at radius 3 is 2.48 bits per heavy atom. The number of benzene rings is 2. The van der Waals surface area contributed by atoms with Crippen molar-refractivity contribution in [1.82, 2.24) is 5.01 Å². The van der Waals surface area contributed by atoms with E-state index in [1.54, 1.807) is 19.1 Å². The summed E-state index contributed by atoms with van der Waals surface area (Å²) < 4.78 is 6.91. The van der Waals surface area contributed by atoms with Crippen LogP contribution in [0, 0.1) is 0 Å². The van der Waals surface area contributed by atoms with Crippen molar-refractivity contribution in [2.24, 2.45) is 5.10 Å². The molecule has 0 saturated carbocycles. The Morgan fingerprint density at radius 1 is 1.22 bits per heavy atom. The second-order valence-electron chi connectivity index (χ2n) is 5.03. The summed E-state index contributed by atoms with van der Waals surface area (Å²) in [5.74, 6) is 0.318. The summed E-state index contributed by atoms with van der Waals surface area (Å²) in [4.78, 5) is 12.2. The molecule has 0 bridgehead atoms. The highest BCUT2D eigenvalue weighted by Gasteiger charge is 2.33. The van der Waals surface area contributed by atoms with Crippen LogP contribution < -0.4 is 0 Å². The third-order valence-corrected chi connectivity index (χ3v) is 4.23. The molecule has 2 aromatic carbocycles. The van der Waals surface area contributed by atoms with Gasteiger partial charge in [-0.1, -0.05) is 46.6 Å². The lowest BCUT2D eigenvalue weighted by molar-refractivity contribution is -0.137. The molecule has 0 spiro atoms. The second-order valence-corrected chi connectivity index (χ2v) is 6.38. The maximum atomic E-state index is 12.2. The first-order valence-electron chi connectivity index (χ1n) is 7.17. The molecule has 0 saturated heterocycles. The molecule has 3 rings (SSSR count). The van der Waals surface area contributed by atoms with E-state index in [-0.39, 0.29) is 5.91 Å². The SMILES string of the molecule is CCC(=O)N1N=C(c2ccc(Cl)cc2)O[C@H]1c1ccc(Br)cc1. The van der Waals surface area contributed by atoms with Crippen molar-refractivity contribution in [1.29, 1.82) is 0 Å². The summed E-state index contributed by atoms with van der Waals surface area (Å²) in [5.41, 5.74) is 1.64. The molecule has 4 nitrogen and oxygen atoms in total. The number of nitrogens with zero attached hydrogens (tertiary/aromatic N) is 2. The highest BCUT2D eigenvalue weighted by molar-refractivity contribution is 9.10. The van der Waals surface area contributed by atoms with Crippen LogP contribution in [0.15, 0.2) is 58.1 Å². The monoisotopic (exact) mass is 392 g/mol. The van der Waals surface area contributed by atoms with Gasteiger partial charge in [0.05, 0.1) is 0 Å². The van der Waals surface area contributed by atoms with E-state index < -0.39 is 6.23 Å². The van der Waals surface area contributed by atoms with Crippen LogP contribution in [0.3, 0.4) is 0 Å². The van der Waals surface area contributed by atoms with Gasteiger partial charge in [-0.25, -0.2) is 0 Å². The van der Waals surface area contributed by atoms with Crippen LogP contribution in [0.5, 0.6) is 0 Å². The fourth-order valence-electron chi connectivity index (χ4n) is 2.23. The van der Waals surface area contributed by atoms with Gasteiger partial charge in [0.25, 0.3) is 0 Å². The largest absolute Gasteiger partial charge is 0.446 e. The van der Waals surface area contributed by atoms with E-state index >= 15 is 0 Å². The molecule has 0 radical (unpaired) electrons. The Kier molecular flexibility index (Phi) is 4.68. The van der Waals surface area contributed by atoms with Crippen molar-refractivity contribution in [3.8, 4) is 0 Å². The highest BCUT2D eigenvalue weighted by atomic mass is 79.9. The molecule has 0 fully saturated rings. The maximum absolute atomic E-state index is 12.2. The molecule has 118 valence electrons. The number of carbonyl (C=O) groups excluding carboxylic acids is 1. The third-order valence-electron chi connectivity index (χ3n) is 3.45. The topological polar surface area (TPSA) is 41.9 Å². The van der Waals surface area contributed by atoms with Gasteiger partial charge in [0.2, 0.25) is 18.0 Å². The first-order valence-corrected chi connectivity index (χ1v) is 8.34. The molecule has 0 aromatic heterocycles. The number of amides is 1. The van der Waals surface area contributed by atoms with Gasteiger partial charge in [-0.3, -0.25) is 4.79 Å². The minimum Gasteiger partial charge on any atom is -0.446 e. The van der Waals surface area contributed by atoms with Crippen LogP contribution in [0.25, 0.3) is 0 Å². The van der Waals surface area contributed by atoms with Crippen molar-refractivity contribution >= 4 is 39.3 Å². The van der Waals surface area contributed by atoms with Crippen molar-refractivity contribution in [3.05, 3.63) is 69.2 Å². The van der Waals surface area contributed by atoms with Crippen LogP contribution in [0.2, 0.25) is 5.02 Å². The van der Waals surface area contributed by atoms with E-state index in [0.717, 1.165) is 15.6 Å². The van der Waals surface area contributed by atoms with Crippen LogP contribution in [0.4, 0.5) is 0 Å². The predicted octanol–water partition coefficient (Wildman–Crippen LogP) is 4.73. The number of carbonyl (C=O) groups is 1. The summed E-state index contributed by atoms with van der Waals surface area (Å²) in [6.45, 7) is 1.80. The van der Waals surface area contributed by atoms with E-state index in [9.17, 15) is 4.79 Å². The first-order chi connectivity index (χ1) is 11.1. The van der Waals surface area contributed by atoms with Crippen molar-refractivity contribution in [2.75, 3.05) is 0 Å². The summed E-state index contributed by atoms with van der Waals surface area (Å²) in [5, 5.41) is 6.40. The summed E-state index contributed by atoms with van der Waals surface area (Å²) in [7, 11) is 0. The lowest BCUT2D eigenvalue weighted by atomic mass is 10.2. The molecule has 23 heavy (non-hydrogen) atoms. The fraction of sp³-hybridized carbons (Fsp3) is 0.176. The van der Waals surface area contributed by atoms with E-state index in [0.29, 0.717) is 17.3 Å². The molecule has 1 aliphatic rings. The van der Waals surface area contributed by atoms with Gasteiger partial charge < -0.3 is 4.74 Å². The fourth-order valence-corrected chi connectivity index (χ4v) is 2.62. The molecule has 1 aliphatic heterocycles. The molecule has 0 aliphatic carbocycles. The molecule has 0 N–H and O–H groups in total. The molecule has 1 heterocycles. The minimum absolute atomic E-state index is 0.0955. The van der Waals surface area contributed by atoms with Crippen molar-refractivity contribution in [3.63, 3.8) is 0 Å². The summed E-state index contributed by atoms with van der Waals surface area (Å²) >= 11 is 9.31. The summed E-state index contributed by atoms with van der Waals surface area (Å²) in [6, 6.07) is 14.8. The van der Waals surface area contributed by atoms with Gasteiger partial charge in [0.15, 0.2) is 0 Å². The van der Waals surface area contributed by atoms with E-state index in [2.05, 4.69) is 21.0 Å². The molecule has 1 amide bonds. The Morgan fingerprint density at radius 2 is 1.87 bits per heavy atom. The van der Waals surface area contributed by atoms with Crippen LogP contribution >= 0.6 is 27.5 Å². The van der Waals surface area contributed by atoms with Crippen molar-refractivity contribution in [2.45, 2.75) is 19.6 Å². The quantitative estimate of drug-likeness (QED) is 0.756. The Bertz CT molecular complexity index is 744. The van der Waals surface area contributed by atoms with Crippen LogP contribution in [-0.2, 0) is 9.53 Å². The zero-order valence-electron chi connectivity index (χ0n) is 12.4.